The third-order valence-electron chi connectivity index (χ3n) is 1.62. The lowest BCUT2D eigenvalue weighted by molar-refractivity contribution is 0.866. The second kappa shape index (κ2) is 5.96. The van der Waals surface area contributed by atoms with Gasteiger partial charge in [0.05, 0.1) is 6.07 Å². The van der Waals surface area contributed by atoms with Crippen LogP contribution in [0.1, 0.15) is 18.4 Å². The van der Waals surface area contributed by atoms with Crippen LogP contribution in [0.25, 0.3) is 0 Å². The minimum Gasteiger partial charge on any atom is -0.293 e. The molecule has 0 radical (unpaired) electrons. The van der Waals surface area contributed by atoms with E-state index < -0.39 is 0 Å². The summed E-state index contributed by atoms with van der Waals surface area (Å²) in [5.74, 6) is 0. The summed E-state index contributed by atoms with van der Waals surface area (Å²) in [5, 5.41) is 8.28. The van der Waals surface area contributed by atoms with Crippen molar-refractivity contribution in [2.45, 2.75) is 12.8 Å². The van der Waals surface area contributed by atoms with E-state index in [0.717, 1.165) is 18.5 Å². The first kappa shape index (κ1) is 9.47. The van der Waals surface area contributed by atoms with Gasteiger partial charge in [0.15, 0.2) is 0 Å². The molecule has 0 aromatic heterocycles. The third kappa shape index (κ3) is 4.07. The zero-order chi connectivity index (χ0) is 9.36. The molecule has 66 valence electrons. The molecule has 0 amide bonds. The molecular weight excluding hydrogens is 160 g/mol. The molecule has 0 aliphatic carbocycles. The Balaban J connectivity index is 2.29. The maximum atomic E-state index is 8.28. The highest BCUT2D eigenvalue weighted by atomic mass is 14.7. The van der Waals surface area contributed by atoms with Gasteiger partial charge in [-0.3, -0.25) is 4.99 Å². The monoisotopic (exact) mass is 172 g/mol. The molecule has 0 saturated heterocycles. The Morgan fingerprint density at radius 1 is 1.31 bits per heavy atom. The molecule has 1 aromatic rings. The number of nitrogens with zero attached hydrogens (tertiary/aromatic N) is 2. The summed E-state index contributed by atoms with van der Waals surface area (Å²) in [7, 11) is 0. The second-order valence-corrected chi connectivity index (χ2v) is 2.71. The highest BCUT2D eigenvalue weighted by molar-refractivity contribution is 5.79. The molecule has 0 fully saturated rings. The van der Waals surface area contributed by atoms with Crippen LogP contribution in [-0.4, -0.2) is 12.8 Å². The largest absolute Gasteiger partial charge is 0.293 e. The predicted molar refractivity (Wildman–Crippen MR) is 53.8 cm³/mol. The predicted octanol–water partition coefficient (Wildman–Crippen LogP) is 2.41. The quantitative estimate of drug-likeness (QED) is 0.507. The van der Waals surface area contributed by atoms with Crippen LogP contribution in [0.5, 0.6) is 0 Å². The van der Waals surface area contributed by atoms with Gasteiger partial charge in [0, 0.05) is 19.2 Å². The first-order valence-electron chi connectivity index (χ1n) is 4.35. The van der Waals surface area contributed by atoms with Gasteiger partial charge in [0.1, 0.15) is 0 Å². The first-order valence-corrected chi connectivity index (χ1v) is 4.35. The van der Waals surface area contributed by atoms with Crippen molar-refractivity contribution >= 4 is 6.21 Å². The van der Waals surface area contributed by atoms with E-state index in [2.05, 4.69) is 11.1 Å². The van der Waals surface area contributed by atoms with E-state index in [4.69, 9.17) is 5.26 Å². The molecule has 1 rings (SSSR count). The lowest BCUT2D eigenvalue weighted by atomic mass is 10.2. The van der Waals surface area contributed by atoms with Crippen molar-refractivity contribution in [2.75, 3.05) is 6.54 Å². The van der Waals surface area contributed by atoms with Gasteiger partial charge in [-0.2, -0.15) is 5.26 Å². The topological polar surface area (TPSA) is 36.1 Å². The van der Waals surface area contributed by atoms with Crippen molar-refractivity contribution in [2.24, 2.45) is 4.99 Å². The van der Waals surface area contributed by atoms with Crippen LogP contribution in [0, 0.1) is 11.3 Å². The Kier molecular flexibility index (Phi) is 4.34. The average Bonchev–Trinajstić information content (AvgIpc) is 2.19. The van der Waals surface area contributed by atoms with Crippen LogP contribution in [0.15, 0.2) is 35.3 Å². The highest BCUT2D eigenvalue weighted by Crippen LogP contribution is 1.94. The molecule has 0 unspecified atom stereocenters. The third-order valence-corrected chi connectivity index (χ3v) is 1.62. The van der Waals surface area contributed by atoms with Crippen LogP contribution in [0.4, 0.5) is 0 Å². The molecule has 0 aliphatic heterocycles. The highest BCUT2D eigenvalue weighted by Gasteiger charge is 1.84. The van der Waals surface area contributed by atoms with Crippen LogP contribution >= 0.6 is 0 Å². The summed E-state index contributed by atoms with van der Waals surface area (Å²) in [4.78, 5) is 4.20. The minimum atomic E-state index is 0.589. The Morgan fingerprint density at radius 3 is 2.77 bits per heavy atom. The van der Waals surface area contributed by atoms with Gasteiger partial charge in [-0.15, -0.1) is 0 Å². The van der Waals surface area contributed by atoms with Gasteiger partial charge < -0.3 is 0 Å². The van der Waals surface area contributed by atoms with E-state index in [1.165, 1.54) is 0 Å². The van der Waals surface area contributed by atoms with Gasteiger partial charge in [-0.25, -0.2) is 0 Å². The van der Waals surface area contributed by atoms with E-state index in [0.29, 0.717) is 6.42 Å². The summed E-state index contributed by atoms with van der Waals surface area (Å²) in [5.41, 5.74) is 1.11. The maximum Gasteiger partial charge on any atom is 0.0622 e. The molecule has 0 N–H and O–H groups in total. The molecule has 1 aromatic carbocycles. The molecule has 13 heavy (non-hydrogen) atoms. The van der Waals surface area contributed by atoms with Gasteiger partial charge in [0.2, 0.25) is 0 Å². The van der Waals surface area contributed by atoms with Crippen LogP contribution in [-0.2, 0) is 0 Å². The van der Waals surface area contributed by atoms with Crippen molar-refractivity contribution in [3.63, 3.8) is 0 Å². The van der Waals surface area contributed by atoms with Crippen molar-refractivity contribution < 1.29 is 0 Å². The number of unbranched alkanes of at least 4 members (excludes halogenated alkanes) is 1. The Labute approximate surface area is 78.5 Å². The maximum absolute atomic E-state index is 8.28. The summed E-state index contributed by atoms with van der Waals surface area (Å²) in [6.07, 6.45) is 3.28. The minimum absolute atomic E-state index is 0.589. The molecule has 0 bridgehead atoms. The Bertz CT molecular complexity index is 296. The molecule has 2 nitrogen and oxygen atoms in total. The zero-order valence-electron chi connectivity index (χ0n) is 7.48. The number of hydrogen-bond donors (Lipinski definition) is 0. The SMILES string of the molecule is N#CCCC/N=C/c1ccccc1. The van der Waals surface area contributed by atoms with Gasteiger partial charge in [0.25, 0.3) is 0 Å². The van der Waals surface area contributed by atoms with E-state index in [-0.39, 0.29) is 0 Å². The summed E-state index contributed by atoms with van der Waals surface area (Å²) in [6, 6.07) is 12.1. The zero-order valence-corrected chi connectivity index (χ0v) is 7.48. The first-order chi connectivity index (χ1) is 6.43. The molecular formula is C11H12N2. The molecule has 0 atom stereocenters. The Morgan fingerprint density at radius 2 is 2.08 bits per heavy atom. The van der Waals surface area contributed by atoms with Gasteiger partial charge in [-0.1, -0.05) is 30.3 Å². The molecule has 2 heteroatoms. The number of benzene rings is 1. The fraction of sp³-hybridized carbons (Fsp3) is 0.273. The Hall–Kier alpha value is -1.62. The van der Waals surface area contributed by atoms with Gasteiger partial charge in [-0.05, 0) is 12.0 Å². The fourth-order valence-corrected chi connectivity index (χ4v) is 0.958. The number of aliphatic imine (C=N–C) groups is 1. The smallest absolute Gasteiger partial charge is 0.0622 e. The molecule has 0 aliphatic rings. The number of hydrogen-bond acceptors (Lipinski definition) is 2. The second-order valence-electron chi connectivity index (χ2n) is 2.71. The summed E-state index contributed by atoms with van der Waals surface area (Å²) >= 11 is 0. The van der Waals surface area contributed by atoms with Crippen LogP contribution < -0.4 is 0 Å². The van der Waals surface area contributed by atoms with Crippen molar-refractivity contribution in [1.82, 2.24) is 0 Å². The van der Waals surface area contributed by atoms with E-state index in [1.54, 1.807) is 0 Å². The average molecular weight is 172 g/mol. The fourth-order valence-electron chi connectivity index (χ4n) is 0.958. The van der Waals surface area contributed by atoms with E-state index >= 15 is 0 Å². The summed E-state index contributed by atoms with van der Waals surface area (Å²) in [6.45, 7) is 0.739. The number of rotatable bonds is 4. The van der Waals surface area contributed by atoms with Crippen molar-refractivity contribution in [1.29, 1.82) is 5.26 Å². The van der Waals surface area contributed by atoms with E-state index in [1.807, 2.05) is 36.5 Å². The van der Waals surface area contributed by atoms with Crippen LogP contribution in [0.2, 0.25) is 0 Å². The van der Waals surface area contributed by atoms with Crippen molar-refractivity contribution in [3.05, 3.63) is 35.9 Å². The normalized spacial score (nSPS) is 10.1. The van der Waals surface area contributed by atoms with Gasteiger partial charge >= 0.3 is 0 Å². The van der Waals surface area contributed by atoms with Crippen molar-refractivity contribution in [3.8, 4) is 6.07 Å². The standard InChI is InChI=1S/C11H12N2/c12-8-4-5-9-13-10-11-6-2-1-3-7-11/h1-3,6-7,10H,4-5,9H2/b13-10+. The van der Waals surface area contributed by atoms with E-state index in [9.17, 15) is 0 Å². The number of nitriles is 1. The summed E-state index contributed by atoms with van der Waals surface area (Å²) < 4.78 is 0. The molecule has 0 heterocycles. The molecule has 0 spiro atoms. The van der Waals surface area contributed by atoms with Crippen LogP contribution in [0.3, 0.4) is 0 Å². The lowest BCUT2D eigenvalue weighted by Crippen LogP contribution is -1.83. The molecule has 0 saturated carbocycles. The lowest BCUT2D eigenvalue weighted by Gasteiger charge is -1.90.